The van der Waals surface area contributed by atoms with Crippen LogP contribution in [-0.4, -0.2) is 34.1 Å². The molecule has 0 saturated heterocycles. The summed E-state index contributed by atoms with van der Waals surface area (Å²) in [5.41, 5.74) is 2.66. The van der Waals surface area contributed by atoms with Gasteiger partial charge in [0.15, 0.2) is 10.9 Å². The van der Waals surface area contributed by atoms with Crippen LogP contribution in [0, 0.1) is 0 Å². The minimum Gasteiger partial charge on any atom is -0.491 e. The lowest BCUT2D eigenvalue weighted by Crippen LogP contribution is -2.38. The summed E-state index contributed by atoms with van der Waals surface area (Å²) in [5, 5.41) is 0.614. The number of para-hydroxylation sites is 1. The lowest BCUT2D eigenvalue weighted by atomic mass is 10.0. The van der Waals surface area contributed by atoms with Crippen molar-refractivity contribution < 1.29 is 9.53 Å². The van der Waals surface area contributed by atoms with Crippen molar-refractivity contribution in [2.45, 2.75) is 30.3 Å². The van der Waals surface area contributed by atoms with Gasteiger partial charge in [-0.15, -0.1) is 0 Å². The van der Waals surface area contributed by atoms with Crippen LogP contribution in [0.3, 0.4) is 0 Å². The quantitative estimate of drug-likeness (QED) is 0.449. The third-order valence-corrected chi connectivity index (χ3v) is 5.92. The molecular formula is C22H22N4O3S. The van der Waals surface area contributed by atoms with Gasteiger partial charge in [0.25, 0.3) is 0 Å². The van der Waals surface area contributed by atoms with Crippen LogP contribution in [0.2, 0.25) is 0 Å². The van der Waals surface area contributed by atoms with Crippen LogP contribution in [0.15, 0.2) is 64.9 Å². The summed E-state index contributed by atoms with van der Waals surface area (Å²) < 4.78 is 6.98. The second kappa shape index (κ2) is 9.13. The van der Waals surface area contributed by atoms with E-state index in [0.717, 1.165) is 24.2 Å². The van der Waals surface area contributed by atoms with Crippen molar-refractivity contribution in [3.63, 3.8) is 0 Å². The fourth-order valence-corrected chi connectivity index (χ4v) is 4.34. The maximum Gasteiger partial charge on any atom is 0.246 e. The molecular weight excluding hydrogens is 400 g/mol. The van der Waals surface area contributed by atoms with Gasteiger partial charge in [0.1, 0.15) is 6.54 Å². The molecule has 0 atom stereocenters. The van der Waals surface area contributed by atoms with Gasteiger partial charge in [0, 0.05) is 42.1 Å². The Labute approximate surface area is 178 Å². The lowest BCUT2D eigenvalue weighted by molar-refractivity contribution is -0.119. The van der Waals surface area contributed by atoms with E-state index in [-0.39, 0.29) is 23.6 Å². The number of methoxy groups -OCH3 is 1. The predicted octanol–water partition coefficient (Wildman–Crippen LogP) is 2.92. The van der Waals surface area contributed by atoms with Gasteiger partial charge in [-0.2, -0.15) is 0 Å². The molecule has 7 nitrogen and oxygen atoms in total. The number of fused-ring (bicyclic) bond motifs is 1. The first-order valence-corrected chi connectivity index (χ1v) is 10.7. The van der Waals surface area contributed by atoms with Crippen LogP contribution >= 0.6 is 11.8 Å². The van der Waals surface area contributed by atoms with Crippen molar-refractivity contribution in [3.8, 4) is 5.75 Å². The Hall–Kier alpha value is -3.13. The number of anilines is 1. The van der Waals surface area contributed by atoms with Gasteiger partial charge in [-0.25, -0.2) is 9.97 Å². The zero-order valence-corrected chi connectivity index (χ0v) is 17.5. The molecule has 0 spiro atoms. The molecule has 2 aromatic heterocycles. The molecule has 3 heterocycles. The second-order valence-electron chi connectivity index (χ2n) is 6.92. The maximum atomic E-state index is 13.2. The highest BCUT2D eigenvalue weighted by Crippen LogP contribution is 2.27. The largest absolute Gasteiger partial charge is 0.491 e. The number of carbonyl (C=O) groups is 1. The second-order valence-corrected chi connectivity index (χ2v) is 7.87. The van der Waals surface area contributed by atoms with Crippen LogP contribution in [0.5, 0.6) is 5.75 Å². The average molecular weight is 423 g/mol. The van der Waals surface area contributed by atoms with Gasteiger partial charge in [-0.05, 0) is 30.5 Å². The first kappa shape index (κ1) is 20.2. The third-order valence-electron chi connectivity index (χ3n) is 5.01. The third kappa shape index (κ3) is 4.38. The summed E-state index contributed by atoms with van der Waals surface area (Å²) in [5.74, 6) is 0.661. The Bertz CT molecular complexity index is 1100. The SMILES string of the molecule is COc1cn(CC(=O)N2CCCc3ccccc32)c(CSc2ncccn2)cc1=O. The number of benzene rings is 1. The maximum absolute atomic E-state index is 13.2. The van der Waals surface area contributed by atoms with E-state index >= 15 is 0 Å². The fraction of sp³-hybridized carbons (Fsp3) is 0.273. The van der Waals surface area contributed by atoms with Crippen LogP contribution in [0.25, 0.3) is 0 Å². The van der Waals surface area contributed by atoms with Crippen LogP contribution in [0.1, 0.15) is 17.7 Å². The highest BCUT2D eigenvalue weighted by Gasteiger charge is 2.23. The van der Waals surface area contributed by atoms with E-state index in [1.54, 1.807) is 29.2 Å². The van der Waals surface area contributed by atoms with E-state index in [2.05, 4.69) is 16.0 Å². The monoisotopic (exact) mass is 422 g/mol. The van der Waals surface area contributed by atoms with E-state index in [4.69, 9.17) is 4.74 Å². The van der Waals surface area contributed by atoms with Crippen LogP contribution in [-0.2, 0) is 23.5 Å². The smallest absolute Gasteiger partial charge is 0.246 e. The van der Waals surface area contributed by atoms with Crippen molar-refractivity contribution in [1.82, 2.24) is 14.5 Å². The Morgan fingerprint density at radius 2 is 2.00 bits per heavy atom. The molecule has 0 fully saturated rings. The summed E-state index contributed by atoms with van der Waals surface area (Å²) in [4.78, 5) is 35.7. The summed E-state index contributed by atoms with van der Waals surface area (Å²) in [6.07, 6.45) is 6.87. The number of aryl methyl sites for hydroxylation is 1. The number of carbonyl (C=O) groups excluding carboxylic acids is 1. The minimum atomic E-state index is -0.214. The Kier molecular flexibility index (Phi) is 6.13. The van der Waals surface area contributed by atoms with Crippen LogP contribution in [0.4, 0.5) is 5.69 Å². The molecule has 0 radical (unpaired) electrons. The Morgan fingerprint density at radius 3 is 2.80 bits per heavy atom. The normalized spacial score (nSPS) is 13.0. The van der Waals surface area contributed by atoms with E-state index in [1.807, 2.05) is 23.1 Å². The summed E-state index contributed by atoms with van der Waals surface area (Å²) in [6.45, 7) is 0.811. The molecule has 0 unspecified atom stereocenters. The zero-order valence-electron chi connectivity index (χ0n) is 16.7. The first-order valence-electron chi connectivity index (χ1n) is 9.71. The number of aromatic nitrogens is 3. The Balaban J connectivity index is 1.59. The molecule has 4 rings (SSSR count). The van der Waals surface area contributed by atoms with Crippen molar-refractivity contribution in [3.05, 3.63) is 76.5 Å². The molecule has 8 heteroatoms. The minimum absolute atomic E-state index is 0.0185. The molecule has 1 aliphatic rings. The van der Waals surface area contributed by atoms with Gasteiger partial charge in [-0.3, -0.25) is 9.59 Å². The molecule has 0 aliphatic carbocycles. The number of hydrogen-bond acceptors (Lipinski definition) is 6. The van der Waals surface area contributed by atoms with E-state index < -0.39 is 0 Å². The van der Waals surface area contributed by atoms with Gasteiger partial charge in [0.05, 0.1) is 13.3 Å². The van der Waals surface area contributed by atoms with Crippen LogP contribution < -0.4 is 15.1 Å². The topological polar surface area (TPSA) is 77.3 Å². The predicted molar refractivity (Wildman–Crippen MR) is 116 cm³/mol. The molecule has 1 aliphatic heterocycles. The molecule has 30 heavy (non-hydrogen) atoms. The van der Waals surface area contributed by atoms with Gasteiger partial charge < -0.3 is 14.2 Å². The lowest BCUT2D eigenvalue weighted by Gasteiger charge is -2.30. The Morgan fingerprint density at radius 1 is 1.20 bits per heavy atom. The van der Waals surface area contributed by atoms with Gasteiger partial charge in [0.2, 0.25) is 11.3 Å². The van der Waals surface area contributed by atoms with Crippen molar-refractivity contribution in [2.75, 3.05) is 18.6 Å². The molecule has 0 N–H and O–H groups in total. The number of ether oxygens (including phenoxy) is 1. The van der Waals surface area contributed by atoms with Crippen molar-refractivity contribution in [2.24, 2.45) is 0 Å². The average Bonchev–Trinajstić information content (AvgIpc) is 2.79. The number of thioether (sulfide) groups is 1. The standard InChI is InChI=1S/C22H22N4O3S/c1-29-20-13-25(17(12-19(20)27)15-30-22-23-9-5-10-24-22)14-21(28)26-11-4-7-16-6-2-3-8-18(16)26/h2-3,5-6,8-10,12-13H,4,7,11,14-15H2,1H3. The molecule has 154 valence electrons. The fourth-order valence-electron chi connectivity index (χ4n) is 3.54. The molecule has 0 bridgehead atoms. The number of amides is 1. The van der Waals surface area contributed by atoms with E-state index in [1.165, 1.54) is 30.5 Å². The number of pyridine rings is 1. The number of hydrogen-bond donors (Lipinski definition) is 0. The summed E-state index contributed by atoms with van der Waals surface area (Å²) in [6, 6.07) is 11.3. The van der Waals surface area contributed by atoms with Gasteiger partial charge >= 0.3 is 0 Å². The van der Waals surface area contributed by atoms with Crippen molar-refractivity contribution >= 4 is 23.4 Å². The zero-order chi connectivity index (χ0) is 20.9. The van der Waals surface area contributed by atoms with Crippen molar-refractivity contribution in [1.29, 1.82) is 0 Å². The van der Waals surface area contributed by atoms with Gasteiger partial charge in [-0.1, -0.05) is 30.0 Å². The number of nitrogens with zero attached hydrogens (tertiary/aromatic N) is 4. The molecule has 3 aromatic rings. The molecule has 0 saturated carbocycles. The summed E-state index contributed by atoms with van der Waals surface area (Å²) in [7, 11) is 1.45. The molecule has 1 aromatic carbocycles. The van der Waals surface area contributed by atoms with E-state index in [0.29, 0.717) is 17.5 Å². The highest BCUT2D eigenvalue weighted by molar-refractivity contribution is 7.98. The summed E-state index contributed by atoms with van der Waals surface area (Å²) >= 11 is 1.41. The first-order chi connectivity index (χ1) is 14.7. The van der Waals surface area contributed by atoms with E-state index in [9.17, 15) is 9.59 Å². The highest BCUT2D eigenvalue weighted by atomic mass is 32.2. The number of rotatable bonds is 6. The molecule has 1 amide bonds.